The van der Waals surface area contributed by atoms with Gasteiger partial charge in [-0.2, -0.15) is 0 Å². The molecule has 1 aliphatic heterocycles. The Bertz CT molecular complexity index is 886. The first-order valence-electron chi connectivity index (χ1n) is 7.29. The number of nitrogens with zero attached hydrogens (tertiary/aromatic N) is 2. The zero-order chi connectivity index (χ0) is 15.8. The minimum absolute atomic E-state index is 0.166. The van der Waals surface area contributed by atoms with Gasteiger partial charge in [-0.05, 0) is 0 Å². The smallest absolute Gasteiger partial charge is 0.323 e. The average Bonchev–Trinajstić information content (AvgIpc) is 2.91. The van der Waals surface area contributed by atoms with E-state index < -0.39 is 5.97 Å². The second-order valence-electron chi connectivity index (χ2n) is 5.27. The predicted molar refractivity (Wildman–Crippen MR) is 83.8 cm³/mol. The maximum atomic E-state index is 11.3. The van der Waals surface area contributed by atoms with E-state index in [2.05, 4.69) is 4.98 Å². The number of fused-ring (bicyclic) bond motifs is 2. The Kier molecular flexibility index (Phi) is 3.15. The Hall–Kier alpha value is -3.02. The van der Waals surface area contributed by atoms with E-state index in [4.69, 9.17) is 9.47 Å². The first-order valence-corrected chi connectivity index (χ1v) is 7.29. The molecule has 23 heavy (non-hydrogen) atoms. The number of imidazole rings is 1. The molecule has 0 radical (unpaired) electrons. The second-order valence-corrected chi connectivity index (χ2v) is 5.27. The third kappa shape index (κ3) is 2.38. The monoisotopic (exact) mass is 310 g/mol. The molecule has 0 bridgehead atoms. The van der Waals surface area contributed by atoms with Crippen LogP contribution in [0.25, 0.3) is 22.4 Å². The maximum absolute atomic E-state index is 11.3. The highest BCUT2D eigenvalue weighted by Gasteiger charge is 2.19. The van der Waals surface area contributed by atoms with Crippen molar-refractivity contribution in [1.29, 1.82) is 0 Å². The lowest BCUT2D eigenvalue weighted by Gasteiger charge is -2.18. The second kappa shape index (κ2) is 5.31. The molecule has 0 amide bonds. The molecule has 1 aromatic heterocycles. The number of aromatic nitrogens is 2. The SMILES string of the molecule is O=C(O)Cn1c(-c2ccccc2)nc2cc3c(cc21)OCCO3. The largest absolute Gasteiger partial charge is 0.486 e. The molecule has 2 heterocycles. The van der Waals surface area contributed by atoms with E-state index in [0.717, 1.165) is 11.1 Å². The molecule has 0 aliphatic carbocycles. The highest BCUT2D eigenvalue weighted by atomic mass is 16.6. The van der Waals surface area contributed by atoms with Gasteiger partial charge in [-0.15, -0.1) is 0 Å². The van der Waals surface area contributed by atoms with Gasteiger partial charge in [0.15, 0.2) is 11.5 Å². The summed E-state index contributed by atoms with van der Waals surface area (Å²) in [5.74, 6) is 0.958. The number of aliphatic carboxylic acids is 1. The summed E-state index contributed by atoms with van der Waals surface area (Å²) in [5.41, 5.74) is 2.27. The summed E-state index contributed by atoms with van der Waals surface area (Å²) in [6.07, 6.45) is 0. The fourth-order valence-corrected chi connectivity index (χ4v) is 2.76. The summed E-state index contributed by atoms with van der Waals surface area (Å²) in [4.78, 5) is 15.9. The Balaban J connectivity index is 1.96. The highest BCUT2D eigenvalue weighted by Crippen LogP contribution is 2.36. The number of carboxylic acids is 1. The predicted octanol–water partition coefficient (Wildman–Crippen LogP) is 2.56. The van der Waals surface area contributed by atoms with Crippen LogP contribution in [0.1, 0.15) is 0 Å². The minimum atomic E-state index is -0.920. The highest BCUT2D eigenvalue weighted by molar-refractivity contribution is 5.85. The van der Waals surface area contributed by atoms with Gasteiger partial charge in [-0.25, -0.2) is 4.98 Å². The van der Waals surface area contributed by atoms with Crippen LogP contribution in [-0.2, 0) is 11.3 Å². The lowest BCUT2D eigenvalue weighted by Crippen LogP contribution is -2.15. The lowest BCUT2D eigenvalue weighted by atomic mass is 10.2. The molecule has 0 saturated carbocycles. The summed E-state index contributed by atoms with van der Waals surface area (Å²) in [7, 11) is 0. The quantitative estimate of drug-likeness (QED) is 0.805. The Morgan fingerprint density at radius 2 is 1.83 bits per heavy atom. The molecule has 1 N–H and O–H groups in total. The van der Waals surface area contributed by atoms with Gasteiger partial charge in [0.05, 0.1) is 11.0 Å². The molecule has 0 saturated heterocycles. The van der Waals surface area contributed by atoms with Crippen LogP contribution in [0.5, 0.6) is 11.5 Å². The number of benzene rings is 2. The fourth-order valence-electron chi connectivity index (χ4n) is 2.76. The van der Waals surface area contributed by atoms with E-state index in [9.17, 15) is 9.90 Å². The van der Waals surface area contributed by atoms with Crippen LogP contribution in [0, 0.1) is 0 Å². The molecule has 0 spiro atoms. The molecule has 0 atom stereocenters. The normalized spacial score (nSPS) is 13.2. The molecule has 3 aromatic rings. The molecule has 0 fully saturated rings. The van der Waals surface area contributed by atoms with Crippen molar-refractivity contribution in [3.8, 4) is 22.9 Å². The van der Waals surface area contributed by atoms with Gasteiger partial charge in [0.25, 0.3) is 0 Å². The summed E-state index contributed by atoms with van der Waals surface area (Å²) in [5, 5.41) is 9.25. The van der Waals surface area contributed by atoms with Crippen LogP contribution >= 0.6 is 0 Å². The van der Waals surface area contributed by atoms with Crippen molar-refractivity contribution in [3.63, 3.8) is 0 Å². The van der Waals surface area contributed by atoms with Gasteiger partial charge in [-0.1, -0.05) is 30.3 Å². The van der Waals surface area contributed by atoms with E-state index in [1.807, 2.05) is 30.3 Å². The summed E-state index contributed by atoms with van der Waals surface area (Å²) in [6, 6.07) is 13.1. The van der Waals surface area contributed by atoms with Crippen molar-refractivity contribution in [2.24, 2.45) is 0 Å². The maximum Gasteiger partial charge on any atom is 0.323 e. The van der Waals surface area contributed by atoms with Crippen LogP contribution < -0.4 is 9.47 Å². The summed E-state index contributed by atoms with van der Waals surface area (Å²) in [6.45, 7) is 0.817. The fraction of sp³-hybridized carbons (Fsp3) is 0.176. The van der Waals surface area contributed by atoms with Crippen molar-refractivity contribution in [1.82, 2.24) is 9.55 Å². The van der Waals surface area contributed by atoms with Gasteiger partial charge < -0.3 is 19.1 Å². The number of hydrogen-bond donors (Lipinski definition) is 1. The van der Waals surface area contributed by atoms with Crippen molar-refractivity contribution in [3.05, 3.63) is 42.5 Å². The lowest BCUT2D eigenvalue weighted by molar-refractivity contribution is -0.137. The number of hydrogen-bond acceptors (Lipinski definition) is 4. The molecule has 6 heteroatoms. The molecule has 1 aliphatic rings. The van der Waals surface area contributed by atoms with E-state index >= 15 is 0 Å². The van der Waals surface area contributed by atoms with Crippen molar-refractivity contribution in [2.75, 3.05) is 13.2 Å². The third-order valence-corrected chi connectivity index (χ3v) is 3.74. The third-order valence-electron chi connectivity index (χ3n) is 3.74. The number of rotatable bonds is 3. The molecular formula is C17H14N2O4. The van der Waals surface area contributed by atoms with E-state index in [0.29, 0.717) is 36.1 Å². The molecule has 2 aromatic carbocycles. The first kappa shape index (κ1) is 13.6. The van der Waals surface area contributed by atoms with E-state index in [-0.39, 0.29) is 6.54 Å². The molecule has 6 nitrogen and oxygen atoms in total. The Labute approximate surface area is 131 Å². The Morgan fingerprint density at radius 1 is 1.13 bits per heavy atom. The number of ether oxygens (including phenoxy) is 2. The van der Waals surface area contributed by atoms with E-state index in [1.165, 1.54) is 0 Å². The zero-order valence-corrected chi connectivity index (χ0v) is 12.2. The first-order chi connectivity index (χ1) is 11.2. The van der Waals surface area contributed by atoms with Gasteiger partial charge in [0.1, 0.15) is 25.6 Å². The summed E-state index contributed by atoms with van der Waals surface area (Å²) < 4.78 is 12.9. The Morgan fingerprint density at radius 3 is 2.52 bits per heavy atom. The number of carboxylic acid groups (broad SMARTS) is 1. The van der Waals surface area contributed by atoms with Gasteiger partial charge in [-0.3, -0.25) is 4.79 Å². The average molecular weight is 310 g/mol. The van der Waals surface area contributed by atoms with Gasteiger partial charge in [0.2, 0.25) is 0 Å². The van der Waals surface area contributed by atoms with Crippen LogP contribution in [0.3, 0.4) is 0 Å². The van der Waals surface area contributed by atoms with Gasteiger partial charge >= 0.3 is 5.97 Å². The van der Waals surface area contributed by atoms with Crippen molar-refractivity contribution >= 4 is 17.0 Å². The van der Waals surface area contributed by atoms with Crippen LogP contribution in [-0.4, -0.2) is 33.8 Å². The van der Waals surface area contributed by atoms with Gasteiger partial charge in [0, 0.05) is 17.7 Å². The van der Waals surface area contributed by atoms with Crippen LogP contribution in [0.15, 0.2) is 42.5 Å². The van der Waals surface area contributed by atoms with E-state index in [1.54, 1.807) is 16.7 Å². The van der Waals surface area contributed by atoms with Crippen LogP contribution in [0.4, 0.5) is 0 Å². The molecule has 0 unspecified atom stereocenters. The molecular weight excluding hydrogens is 296 g/mol. The zero-order valence-electron chi connectivity index (χ0n) is 12.2. The minimum Gasteiger partial charge on any atom is -0.486 e. The van der Waals surface area contributed by atoms with Crippen molar-refractivity contribution in [2.45, 2.75) is 6.54 Å². The topological polar surface area (TPSA) is 73.6 Å². The van der Waals surface area contributed by atoms with Crippen LogP contribution in [0.2, 0.25) is 0 Å². The van der Waals surface area contributed by atoms with Crippen molar-refractivity contribution < 1.29 is 19.4 Å². The number of carbonyl (C=O) groups is 1. The standard InChI is InChI=1S/C17H14N2O4/c20-16(21)10-19-13-9-15-14(22-6-7-23-15)8-12(13)18-17(19)11-4-2-1-3-5-11/h1-5,8-9H,6-7,10H2,(H,20,21). The summed E-state index contributed by atoms with van der Waals surface area (Å²) >= 11 is 0. The molecule has 116 valence electrons. The molecule has 4 rings (SSSR count).